The van der Waals surface area contributed by atoms with Gasteiger partial charge in [-0.15, -0.1) is 0 Å². The smallest absolute Gasteiger partial charge is 0.320 e. The Hall–Kier alpha value is -1.35. The highest BCUT2D eigenvalue weighted by Crippen LogP contribution is 2.01. The third-order valence-corrected chi connectivity index (χ3v) is 1.62. The Labute approximate surface area is 70.8 Å². The first-order valence-corrected chi connectivity index (χ1v) is 3.72. The van der Waals surface area contributed by atoms with Crippen LogP contribution in [0.1, 0.15) is 5.56 Å². The van der Waals surface area contributed by atoms with E-state index in [4.69, 9.17) is 10.8 Å². The Morgan fingerprint density at radius 2 is 2.00 bits per heavy atom. The van der Waals surface area contributed by atoms with E-state index in [1.807, 2.05) is 30.3 Å². The summed E-state index contributed by atoms with van der Waals surface area (Å²) in [4.78, 5) is 10.4. The molecule has 12 heavy (non-hydrogen) atoms. The van der Waals surface area contributed by atoms with Crippen LogP contribution in [0.5, 0.6) is 0 Å². The maximum absolute atomic E-state index is 10.4. The second-order valence-electron chi connectivity index (χ2n) is 2.63. The molecule has 0 radical (unpaired) electrons. The topological polar surface area (TPSA) is 63.3 Å². The fraction of sp³-hybridized carbons (Fsp3) is 0.222. The monoisotopic (exact) mass is 168 g/mol. The average Bonchev–Trinajstić information content (AvgIpc) is 2.06. The fourth-order valence-electron chi connectivity index (χ4n) is 0.955. The van der Waals surface area contributed by atoms with Gasteiger partial charge in [-0.05, 0) is 12.0 Å². The molecular formula is C9H11NO2. The van der Waals surface area contributed by atoms with Crippen LogP contribution >= 0.6 is 0 Å². The van der Waals surface area contributed by atoms with Crippen molar-refractivity contribution in [1.29, 1.82) is 0 Å². The number of nitrogens with two attached hydrogens (primary N) is 1. The van der Waals surface area contributed by atoms with E-state index in [0.717, 1.165) is 5.56 Å². The molecule has 0 aliphatic rings. The molecule has 0 spiro atoms. The molecule has 0 saturated heterocycles. The van der Waals surface area contributed by atoms with Gasteiger partial charge in [-0.1, -0.05) is 30.3 Å². The van der Waals surface area contributed by atoms with E-state index < -0.39 is 12.0 Å². The highest BCUT2D eigenvalue weighted by Gasteiger charge is 2.10. The predicted molar refractivity (Wildman–Crippen MR) is 45.8 cm³/mol. The zero-order valence-electron chi connectivity index (χ0n) is 6.60. The molecule has 0 aliphatic heterocycles. The van der Waals surface area contributed by atoms with Crippen LogP contribution in [0, 0.1) is 0 Å². The summed E-state index contributed by atoms with van der Waals surface area (Å²) < 4.78 is 0. The van der Waals surface area contributed by atoms with Crippen LogP contribution in [0.15, 0.2) is 30.3 Å². The van der Waals surface area contributed by atoms with Crippen LogP contribution in [-0.2, 0) is 11.2 Å². The normalized spacial score (nSPS) is 12.4. The number of rotatable bonds is 3. The lowest BCUT2D eigenvalue weighted by molar-refractivity contribution is -0.138. The van der Waals surface area contributed by atoms with Gasteiger partial charge in [0.25, 0.3) is 0 Å². The molecule has 0 saturated carbocycles. The molecule has 0 aliphatic carbocycles. The molecule has 0 amide bonds. The van der Waals surface area contributed by atoms with Crippen molar-refractivity contribution in [3.63, 3.8) is 0 Å². The van der Waals surface area contributed by atoms with Crippen molar-refractivity contribution in [3.8, 4) is 0 Å². The quantitative estimate of drug-likeness (QED) is 0.651. The molecule has 1 atom stereocenters. The van der Waals surface area contributed by atoms with Gasteiger partial charge in [-0.3, -0.25) is 4.79 Å². The molecule has 1 rings (SSSR count). The van der Waals surface area contributed by atoms with Gasteiger partial charge in [0.15, 0.2) is 0 Å². The summed E-state index contributed by atoms with van der Waals surface area (Å²) in [7, 11) is 0. The van der Waals surface area contributed by atoms with Crippen LogP contribution in [0.2, 0.25) is 0 Å². The third kappa shape index (κ3) is 2.36. The molecule has 3 nitrogen and oxygen atoms in total. The lowest BCUT2D eigenvalue weighted by Gasteiger charge is -2.04. The maximum Gasteiger partial charge on any atom is 0.320 e. The van der Waals surface area contributed by atoms with Gasteiger partial charge in [0.1, 0.15) is 6.04 Å². The van der Waals surface area contributed by atoms with Crippen molar-refractivity contribution in [2.75, 3.05) is 0 Å². The van der Waals surface area contributed by atoms with Crippen LogP contribution < -0.4 is 5.73 Å². The Balaban J connectivity index is 2.58. The summed E-state index contributed by atoms with van der Waals surface area (Å²) in [6.07, 6.45) is 0.385. The summed E-state index contributed by atoms with van der Waals surface area (Å²) >= 11 is 0. The molecule has 3 heteroatoms. The second-order valence-corrected chi connectivity index (χ2v) is 2.63. The van der Waals surface area contributed by atoms with Crippen molar-refractivity contribution >= 4 is 5.97 Å². The van der Waals surface area contributed by atoms with Crippen molar-refractivity contribution in [3.05, 3.63) is 35.9 Å². The minimum absolute atomic E-state index is 0.385. The van der Waals surface area contributed by atoms with Gasteiger partial charge < -0.3 is 10.8 Å². The molecule has 3 N–H and O–H groups in total. The first kappa shape index (κ1) is 8.74. The van der Waals surface area contributed by atoms with Gasteiger partial charge in [0, 0.05) is 0 Å². The standard InChI is InChI=1S/C9H11NO2/c10-8(9(11)12)6-7-4-2-1-3-5-7/h1-5,8H,6,10H2,(H,11,12)/t8-/m0/s1/i4+1,5+1,6+1. The Bertz CT molecular complexity index is 258. The minimum Gasteiger partial charge on any atom is -0.480 e. The van der Waals surface area contributed by atoms with E-state index in [1.54, 1.807) is 0 Å². The lowest BCUT2D eigenvalue weighted by Crippen LogP contribution is -2.32. The van der Waals surface area contributed by atoms with Gasteiger partial charge in [-0.2, -0.15) is 0 Å². The number of benzene rings is 1. The van der Waals surface area contributed by atoms with Gasteiger partial charge >= 0.3 is 5.97 Å². The third-order valence-electron chi connectivity index (χ3n) is 1.62. The van der Waals surface area contributed by atoms with Gasteiger partial charge in [0.05, 0.1) is 0 Å². The van der Waals surface area contributed by atoms with Crippen molar-refractivity contribution < 1.29 is 9.90 Å². The van der Waals surface area contributed by atoms with Crippen LogP contribution in [0.4, 0.5) is 0 Å². The van der Waals surface area contributed by atoms with E-state index in [0.29, 0.717) is 6.42 Å². The highest BCUT2D eigenvalue weighted by molar-refractivity contribution is 5.73. The van der Waals surface area contributed by atoms with Gasteiger partial charge in [0.2, 0.25) is 0 Å². The van der Waals surface area contributed by atoms with Crippen LogP contribution in [0.25, 0.3) is 0 Å². The average molecular weight is 168 g/mol. The largest absolute Gasteiger partial charge is 0.480 e. The Morgan fingerprint density at radius 3 is 2.50 bits per heavy atom. The molecule has 0 aromatic heterocycles. The van der Waals surface area contributed by atoms with Crippen molar-refractivity contribution in [1.82, 2.24) is 0 Å². The number of carboxylic acids is 1. The molecule has 0 heterocycles. The Morgan fingerprint density at radius 1 is 1.42 bits per heavy atom. The number of carboxylic acid groups (broad SMARTS) is 1. The van der Waals surface area contributed by atoms with E-state index in [2.05, 4.69) is 0 Å². The fourth-order valence-corrected chi connectivity index (χ4v) is 0.955. The lowest BCUT2D eigenvalue weighted by atomic mass is 10.4. The SMILES string of the molecule is N[C@@H]([13CH2]c1[13cH]ccc[13cH]1)C(=O)O. The molecule has 64 valence electrons. The van der Waals surface area contributed by atoms with Gasteiger partial charge in [-0.25, -0.2) is 0 Å². The molecule has 1 aromatic carbocycles. The number of carbonyl (C=O) groups is 1. The Kier molecular flexibility index (Phi) is 2.82. The molecule has 0 fully saturated rings. The summed E-state index contributed by atoms with van der Waals surface area (Å²) in [5.74, 6) is -0.959. The second kappa shape index (κ2) is 3.88. The van der Waals surface area contributed by atoms with E-state index in [1.165, 1.54) is 0 Å². The van der Waals surface area contributed by atoms with E-state index in [9.17, 15) is 4.79 Å². The number of aliphatic carboxylic acids is 1. The first-order valence-electron chi connectivity index (χ1n) is 3.72. The minimum atomic E-state index is -0.959. The predicted octanol–water partition coefficient (Wildman–Crippen LogP) is 0.641. The molecular weight excluding hydrogens is 157 g/mol. The van der Waals surface area contributed by atoms with E-state index >= 15 is 0 Å². The maximum atomic E-state index is 10.4. The summed E-state index contributed by atoms with van der Waals surface area (Å²) in [5.41, 5.74) is 6.30. The zero-order chi connectivity index (χ0) is 8.97. The molecule has 1 aromatic rings. The van der Waals surface area contributed by atoms with Crippen LogP contribution in [0.3, 0.4) is 0 Å². The zero-order valence-corrected chi connectivity index (χ0v) is 6.60. The van der Waals surface area contributed by atoms with Crippen molar-refractivity contribution in [2.45, 2.75) is 12.5 Å². The summed E-state index contributed by atoms with van der Waals surface area (Å²) in [6, 6.07) is 8.54. The van der Waals surface area contributed by atoms with Crippen molar-refractivity contribution in [2.24, 2.45) is 5.73 Å². The summed E-state index contributed by atoms with van der Waals surface area (Å²) in [5, 5.41) is 8.52. The van der Waals surface area contributed by atoms with E-state index in [-0.39, 0.29) is 0 Å². The molecule has 0 bridgehead atoms. The highest BCUT2D eigenvalue weighted by atomic mass is 16.4. The van der Waals surface area contributed by atoms with Crippen LogP contribution in [-0.4, -0.2) is 17.1 Å². The first-order chi connectivity index (χ1) is 5.70. The number of hydrogen-bond donors (Lipinski definition) is 2. The summed E-state index contributed by atoms with van der Waals surface area (Å²) in [6.45, 7) is 0. The molecule has 0 unspecified atom stereocenters. The number of hydrogen-bond acceptors (Lipinski definition) is 2.